The molecule has 0 amide bonds. The fourth-order valence-corrected chi connectivity index (χ4v) is 2.34. The molecule has 0 aliphatic carbocycles. The molecular formula is C12H15N3O2S. The van der Waals surface area contributed by atoms with Crippen LogP contribution in [-0.4, -0.2) is 39.3 Å². The van der Waals surface area contributed by atoms with Gasteiger partial charge in [-0.3, -0.25) is 4.57 Å². The van der Waals surface area contributed by atoms with Gasteiger partial charge in [0.1, 0.15) is 12.1 Å². The van der Waals surface area contributed by atoms with E-state index in [4.69, 9.17) is 9.84 Å². The van der Waals surface area contributed by atoms with Crippen LogP contribution in [-0.2, 0) is 0 Å². The summed E-state index contributed by atoms with van der Waals surface area (Å²) in [7, 11) is 1.64. The van der Waals surface area contributed by atoms with Crippen LogP contribution in [0.3, 0.4) is 0 Å². The van der Waals surface area contributed by atoms with E-state index >= 15 is 0 Å². The number of aromatic nitrogens is 3. The molecule has 2 aromatic rings. The number of aliphatic hydroxyl groups is 1. The summed E-state index contributed by atoms with van der Waals surface area (Å²) in [5.41, 5.74) is 0.964. The van der Waals surface area contributed by atoms with Gasteiger partial charge >= 0.3 is 0 Å². The minimum atomic E-state index is 0.195. The molecule has 5 nitrogen and oxygen atoms in total. The van der Waals surface area contributed by atoms with Crippen LogP contribution in [0.5, 0.6) is 5.75 Å². The van der Waals surface area contributed by atoms with E-state index in [0.717, 1.165) is 28.8 Å². The van der Waals surface area contributed by atoms with Crippen molar-refractivity contribution in [1.82, 2.24) is 14.8 Å². The number of hydrogen-bond acceptors (Lipinski definition) is 5. The maximum absolute atomic E-state index is 8.78. The zero-order valence-electron chi connectivity index (χ0n) is 10.1. The topological polar surface area (TPSA) is 60.2 Å². The molecule has 0 saturated carbocycles. The van der Waals surface area contributed by atoms with E-state index < -0.39 is 0 Å². The SMILES string of the molecule is COc1cccc(-n2cnnc2SCCCO)c1. The van der Waals surface area contributed by atoms with Crippen molar-refractivity contribution >= 4 is 11.8 Å². The first kappa shape index (κ1) is 12.9. The van der Waals surface area contributed by atoms with Gasteiger partial charge in [0.15, 0.2) is 5.16 Å². The van der Waals surface area contributed by atoms with Crippen LogP contribution in [0, 0.1) is 0 Å². The van der Waals surface area contributed by atoms with E-state index in [9.17, 15) is 0 Å². The highest BCUT2D eigenvalue weighted by Gasteiger charge is 2.07. The molecule has 0 fully saturated rings. The average Bonchev–Trinajstić information content (AvgIpc) is 2.87. The van der Waals surface area contributed by atoms with Gasteiger partial charge in [-0.25, -0.2) is 0 Å². The Morgan fingerprint density at radius 2 is 2.33 bits per heavy atom. The van der Waals surface area contributed by atoms with Gasteiger partial charge in [0.05, 0.1) is 12.8 Å². The summed E-state index contributed by atoms with van der Waals surface area (Å²) < 4.78 is 7.10. The van der Waals surface area contributed by atoms with E-state index in [0.29, 0.717) is 0 Å². The predicted molar refractivity (Wildman–Crippen MR) is 70.3 cm³/mol. The van der Waals surface area contributed by atoms with Gasteiger partial charge in [0, 0.05) is 18.4 Å². The number of rotatable bonds is 6. The molecule has 96 valence electrons. The fraction of sp³-hybridized carbons (Fsp3) is 0.333. The van der Waals surface area contributed by atoms with Crippen molar-refractivity contribution in [2.45, 2.75) is 11.6 Å². The Balaban J connectivity index is 2.19. The van der Waals surface area contributed by atoms with Crippen molar-refractivity contribution < 1.29 is 9.84 Å². The normalized spacial score (nSPS) is 10.6. The third-order valence-corrected chi connectivity index (χ3v) is 3.41. The van der Waals surface area contributed by atoms with Crippen molar-refractivity contribution in [1.29, 1.82) is 0 Å². The molecule has 0 radical (unpaired) electrons. The van der Waals surface area contributed by atoms with Crippen molar-refractivity contribution in [2.24, 2.45) is 0 Å². The lowest BCUT2D eigenvalue weighted by molar-refractivity contribution is 0.296. The van der Waals surface area contributed by atoms with Crippen molar-refractivity contribution in [3.8, 4) is 11.4 Å². The van der Waals surface area contributed by atoms with E-state index in [-0.39, 0.29) is 6.61 Å². The molecule has 0 unspecified atom stereocenters. The summed E-state index contributed by atoms with van der Waals surface area (Å²) in [6.45, 7) is 0.195. The third-order valence-electron chi connectivity index (χ3n) is 2.38. The van der Waals surface area contributed by atoms with Crippen LogP contribution in [0.2, 0.25) is 0 Å². The lowest BCUT2D eigenvalue weighted by Crippen LogP contribution is -1.97. The van der Waals surface area contributed by atoms with Crippen molar-refractivity contribution in [3.05, 3.63) is 30.6 Å². The molecule has 1 aromatic carbocycles. The molecule has 0 aliphatic rings. The number of ether oxygens (including phenoxy) is 1. The lowest BCUT2D eigenvalue weighted by Gasteiger charge is -2.07. The molecule has 0 saturated heterocycles. The molecule has 1 N–H and O–H groups in total. The maximum Gasteiger partial charge on any atom is 0.195 e. The van der Waals surface area contributed by atoms with Gasteiger partial charge in [-0.05, 0) is 18.6 Å². The summed E-state index contributed by atoms with van der Waals surface area (Å²) >= 11 is 1.58. The average molecular weight is 265 g/mol. The summed E-state index contributed by atoms with van der Waals surface area (Å²) in [6.07, 6.45) is 2.42. The molecule has 0 aliphatic heterocycles. The van der Waals surface area contributed by atoms with Crippen molar-refractivity contribution in [2.75, 3.05) is 19.5 Å². The Bertz CT molecular complexity index is 502. The van der Waals surface area contributed by atoms with Gasteiger partial charge < -0.3 is 9.84 Å². The molecule has 1 heterocycles. The van der Waals surface area contributed by atoms with Crippen LogP contribution in [0.25, 0.3) is 5.69 Å². The maximum atomic E-state index is 8.78. The van der Waals surface area contributed by atoms with Crippen LogP contribution >= 0.6 is 11.8 Å². The minimum Gasteiger partial charge on any atom is -0.497 e. The molecule has 2 rings (SSSR count). The number of methoxy groups -OCH3 is 1. The van der Waals surface area contributed by atoms with Crippen molar-refractivity contribution in [3.63, 3.8) is 0 Å². The molecule has 18 heavy (non-hydrogen) atoms. The zero-order valence-corrected chi connectivity index (χ0v) is 10.9. The molecule has 6 heteroatoms. The fourth-order valence-electron chi connectivity index (χ4n) is 1.49. The number of nitrogens with zero attached hydrogens (tertiary/aromatic N) is 3. The quantitative estimate of drug-likeness (QED) is 0.637. The number of hydrogen-bond donors (Lipinski definition) is 1. The van der Waals surface area contributed by atoms with Crippen LogP contribution in [0.1, 0.15) is 6.42 Å². The largest absolute Gasteiger partial charge is 0.497 e. The van der Waals surface area contributed by atoms with Gasteiger partial charge in [-0.2, -0.15) is 0 Å². The van der Waals surface area contributed by atoms with E-state index in [1.807, 2.05) is 28.8 Å². The van der Waals surface area contributed by atoms with Gasteiger partial charge in [-0.1, -0.05) is 17.8 Å². The molecule has 0 atom stereocenters. The molecular weight excluding hydrogens is 250 g/mol. The third kappa shape index (κ3) is 3.02. The molecule has 1 aromatic heterocycles. The number of benzene rings is 1. The monoisotopic (exact) mass is 265 g/mol. The first-order valence-electron chi connectivity index (χ1n) is 5.63. The van der Waals surface area contributed by atoms with Gasteiger partial charge in [-0.15, -0.1) is 10.2 Å². The van der Waals surface area contributed by atoms with Gasteiger partial charge in [0.2, 0.25) is 0 Å². The summed E-state index contributed by atoms with van der Waals surface area (Å²) in [4.78, 5) is 0. The Hall–Kier alpha value is -1.53. The van der Waals surface area contributed by atoms with Crippen LogP contribution in [0.4, 0.5) is 0 Å². The summed E-state index contributed by atoms with van der Waals surface area (Å²) in [6, 6.07) is 7.73. The zero-order chi connectivity index (χ0) is 12.8. The highest BCUT2D eigenvalue weighted by molar-refractivity contribution is 7.99. The first-order valence-corrected chi connectivity index (χ1v) is 6.62. The predicted octanol–water partition coefficient (Wildman–Crippen LogP) is 1.75. The molecule has 0 bridgehead atoms. The standard InChI is InChI=1S/C12H15N3O2S/c1-17-11-5-2-4-10(8-11)15-9-13-14-12(15)18-7-3-6-16/h2,4-5,8-9,16H,3,6-7H2,1H3. The number of aliphatic hydroxyl groups excluding tert-OH is 1. The highest BCUT2D eigenvalue weighted by atomic mass is 32.2. The molecule has 0 spiro atoms. The van der Waals surface area contributed by atoms with Crippen LogP contribution < -0.4 is 4.74 Å². The van der Waals surface area contributed by atoms with E-state index in [1.54, 1.807) is 25.2 Å². The number of thioether (sulfide) groups is 1. The van der Waals surface area contributed by atoms with E-state index in [1.165, 1.54) is 0 Å². The Morgan fingerprint density at radius 1 is 1.44 bits per heavy atom. The summed E-state index contributed by atoms with van der Waals surface area (Å²) in [5.74, 6) is 1.62. The summed E-state index contributed by atoms with van der Waals surface area (Å²) in [5, 5.41) is 17.6. The van der Waals surface area contributed by atoms with Gasteiger partial charge in [0.25, 0.3) is 0 Å². The Kier molecular flexibility index (Phi) is 4.60. The first-order chi connectivity index (χ1) is 8.85. The Morgan fingerprint density at radius 3 is 3.11 bits per heavy atom. The highest BCUT2D eigenvalue weighted by Crippen LogP contribution is 2.22. The smallest absolute Gasteiger partial charge is 0.195 e. The second-order valence-electron chi connectivity index (χ2n) is 3.61. The van der Waals surface area contributed by atoms with E-state index in [2.05, 4.69) is 10.2 Å². The second kappa shape index (κ2) is 6.42. The Labute approximate surface area is 110 Å². The second-order valence-corrected chi connectivity index (χ2v) is 4.67. The lowest BCUT2D eigenvalue weighted by atomic mass is 10.3. The minimum absolute atomic E-state index is 0.195. The van der Waals surface area contributed by atoms with Crippen LogP contribution in [0.15, 0.2) is 35.7 Å².